The van der Waals surface area contributed by atoms with Gasteiger partial charge in [-0.1, -0.05) is 146 Å². The van der Waals surface area contributed by atoms with Crippen molar-refractivity contribution in [1.29, 1.82) is 0 Å². The lowest BCUT2D eigenvalue weighted by atomic mass is 9.98. The Hall–Kier alpha value is -6.78. The Morgan fingerprint density at radius 2 is 1.08 bits per heavy atom. The standard InChI is InChI=1S/C46H29N3O/c1-4-13-32(14-5-1)42-45-43(48-46(47-42)33-15-6-2-7-16-33)39-28-27-34(29-41(39)50-45)30-23-25-31(26-24-30)36-20-12-21-38-37-19-10-11-22-40(37)49(44(36)38)35-17-8-3-9-18-35/h1-29H. The summed E-state index contributed by atoms with van der Waals surface area (Å²) < 4.78 is 8.98. The zero-order valence-electron chi connectivity index (χ0n) is 27.0. The molecule has 7 aromatic carbocycles. The maximum atomic E-state index is 6.59. The molecular formula is C46H29N3O. The minimum Gasteiger partial charge on any atom is -0.452 e. The van der Waals surface area contributed by atoms with Gasteiger partial charge in [-0.2, -0.15) is 0 Å². The largest absolute Gasteiger partial charge is 0.452 e. The number of rotatable bonds is 5. The van der Waals surface area contributed by atoms with Crippen molar-refractivity contribution in [3.8, 4) is 50.6 Å². The summed E-state index contributed by atoms with van der Waals surface area (Å²) in [7, 11) is 0. The number of hydrogen-bond donors (Lipinski definition) is 0. The fourth-order valence-electron chi connectivity index (χ4n) is 7.27. The van der Waals surface area contributed by atoms with Gasteiger partial charge in [-0.15, -0.1) is 0 Å². The highest BCUT2D eigenvalue weighted by Gasteiger charge is 2.19. The first-order valence-electron chi connectivity index (χ1n) is 16.8. The highest BCUT2D eigenvalue weighted by Crippen LogP contribution is 2.40. The highest BCUT2D eigenvalue weighted by molar-refractivity contribution is 6.14. The number of fused-ring (bicyclic) bond motifs is 6. The number of para-hydroxylation sites is 3. The van der Waals surface area contributed by atoms with Crippen molar-refractivity contribution in [3.63, 3.8) is 0 Å². The van der Waals surface area contributed by atoms with Crippen molar-refractivity contribution in [2.45, 2.75) is 0 Å². The van der Waals surface area contributed by atoms with E-state index in [1.54, 1.807) is 0 Å². The van der Waals surface area contributed by atoms with Crippen LogP contribution in [-0.4, -0.2) is 14.5 Å². The second-order valence-electron chi connectivity index (χ2n) is 12.6. The number of benzene rings is 7. The van der Waals surface area contributed by atoms with E-state index in [-0.39, 0.29) is 0 Å². The SMILES string of the molecule is c1ccc(-c2nc(-c3ccccc3)c3oc4cc(-c5ccc(-c6cccc7c8ccccc8n(-c8ccccc8)c67)cc5)ccc4c3n2)cc1. The molecule has 0 aliphatic heterocycles. The third-order valence-corrected chi connectivity index (χ3v) is 9.63. The van der Waals surface area contributed by atoms with Gasteiger partial charge in [-0.3, -0.25) is 0 Å². The van der Waals surface area contributed by atoms with Crippen LogP contribution in [0, 0.1) is 0 Å². The predicted octanol–water partition coefficient (Wildman–Crippen LogP) is 12.1. The third kappa shape index (κ3) is 4.54. The Labute approximate surface area is 288 Å². The maximum absolute atomic E-state index is 6.59. The van der Waals surface area contributed by atoms with Crippen LogP contribution in [0.15, 0.2) is 180 Å². The molecule has 4 heteroatoms. The number of furan rings is 1. The van der Waals surface area contributed by atoms with Crippen molar-refractivity contribution >= 4 is 43.9 Å². The van der Waals surface area contributed by atoms with Gasteiger partial charge in [-0.05, 0) is 47.0 Å². The van der Waals surface area contributed by atoms with Gasteiger partial charge in [0.1, 0.15) is 16.8 Å². The van der Waals surface area contributed by atoms with Gasteiger partial charge in [0.25, 0.3) is 0 Å². The second kappa shape index (κ2) is 11.4. The first-order chi connectivity index (χ1) is 24.8. The molecule has 3 aromatic heterocycles. The van der Waals surface area contributed by atoms with E-state index in [1.807, 2.05) is 48.5 Å². The average molecular weight is 640 g/mol. The quantitative estimate of drug-likeness (QED) is 0.188. The van der Waals surface area contributed by atoms with Crippen LogP contribution in [0.2, 0.25) is 0 Å². The third-order valence-electron chi connectivity index (χ3n) is 9.63. The Balaban J connectivity index is 1.09. The van der Waals surface area contributed by atoms with Crippen molar-refractivity contribution in [3.05, 3.63) is 176 Å². The molecule has 0 spiro atoms. The van der Waals surface area contributed by atoms with Gasteiger partial charge in [0, 0.05) is 38.5 Å². The molecule has 10 aromatic rings. The highest BCUT2D eigenvalue weighted by atomic mass is 16.3. The molecule has 234 valence electrons. The van der Waals surface area contributed by atoms with E-state index in [2.05, 4.69) is 132 Å². The normalized spacial score (nSPS) is 11.6. The van der Waals surface area contributed by atoms with Gasteiger partial charge in [0.05, 0.1) is 11.0 Å². The number of hydrogen-bond acceptors (Lipinski definition) is 3. The fourth-order valence-corrected chi connectivity index (χ4v) is 7.27. The van der Waals surface area contributed by atoms with Crippen LogP contribution in [-0.2, 0) is 0 Å². The number of aromatic nitrogens is 3. The molecule has 0 bridgehead atoms. The molecule has 0 radical (unpaired) electrons. The van der Waals surface area contributed by atoms with Crippen LogP contribution in [0.25, 0.3) is 94.5 Å². The van der Waals surface area contributed by atoms with Crippen molar-refractivity contribution < 1.29 is 4.42 Å². The van der Waals surface area contributed by atoms with Gasteiger partial charge < -0.3 is 8.98 Å². The summed E-state index contributed by atoms with van der Waals surface area (Å²) in [6, 6.07) is 61.5. The van der Waals surface area contributed by atoms with E-state index in [1.165, 1.54) is 32.9 Å². The summed E-state index contributed by atoms with van der Waals surface area (Å²) >= 11 is 0. The van der Waals surface area contributed by atoms with Gasteiger partial charge in [-0.25, -0.2) is 9.97 Å². The molecule has 0 saturated heterocycles. The zero-order chi connectivity index (χ0) is 33.0. The number of nitrogens with zero attached hydrogens (tertiary/aromatic N) is 3. The Bertz CT molecular complexity index is 2840. The second-order valence-corrected chi connectivity index (χ2v) is 12.6. The molecule has 0 unspecified atom stereocenters. The van der Waals surface area contributed by atoms with E-state index in [0.717, 1.165) is 50.1 Å². The van der Waals surface area contributed by atoms with Gasteiger partial charge >= 0.3 is 0 Å². The fraction of sp³-hybridized carbons (Fsp3) is 0. The lowest BCUT2D eigenvalue weighted by molar-refractivity contribution is 0.667. The van der Waals surface area contributed by atoms with E-state index < -0.39 is 0 Å². The molecule has 50 heavy (non-hydrogen) atoms. The zero-order valence-corrected chi connectivity index (χ0v) is 27.0. The molecule has 4 nitrogen and oxygen atoms in total. The van der Waals surface area contributed by atoms with Crippen LogP contribution in [0.5, 0.6) is 0 Å². The van der Waals surface area contributed by atoms with E-state index in [4.69, 9.17) is 14.4 Å². The monoisotopic (exact) mass is 639 g/mol. The van der Waals surface area contributed by atoms with Crippen LogP contribution in [0.3, 0.4) is 0 Å². The predicted molar refractivity (Wildman–Crippen MR) is 205 cm³/mol. The Morgan fingerprint density at radius 3 is 1.86 bits per heavy atom. The lowest BCUT2D eigenvalue weighted by Gasteiger charge is -2.12. The summed E-state index contributed by atoms with van der Waals surface area (Å²) in [5, 5.41) is 3.47. The molecule has 10 rings (SSSR count). The molecular weight excluding hydrogens is 611 g/mol. The van der Waals surface area contributed by atoms with Crippen molar-refractivity contribution in [2.75, 3.05) is 0 Å². The maximum Gasteiger partial charge on any atom is 0.180 e. The van der Waals surface area contributed by atoms with Gasteiger partial charge in [0.15, 0.2) is 11.4 Å². The van der Waals surface area contributed by atoms with Crippen LogP contribution < -0.4 is 0 Å². The molecule has 0 aliphatic carbocycles. The molecule has 0 N–H and O–H groups in total. The molecule has 0 atom stereocenters. The summed E-state index contributed by atoms with van der Waals surface area (Å²) in [4.78, 5) is 10.0. The van der Waals surface area contributed by atoms with E-state index in [9.17, 15) is 0 Å². The van der Waals surface area contributed by atoms with Crippen LogP contribution in [0.4, 0.5) is 0 Å². The molecule has 3 heterocycles. The summed E-state index contributed by atoms with van der Waals surface area (Å²) in [6.07, 6.45) is 0. The minimum absolute atomic E-state index is 0.681. The summed E-state index contributed by atoms with van der Waals surface area (Å²) in [6.45, 7) is 0. The summed E-state index contributed by atoms with van der Waals surface area (Å²) in [5.74, 6) is 0.681. The molecule has 0 amide bonds. The van der Waals surface area contributed by atoms with Crippen LogP contribution >= 0.6 is 0 Å². The molecule has 0 saturated carbocycles. The first kappa shape index (κ1) is 28.3. The summed E-state index contributed by atoms with van der Waals surface area (Å²) in [5.41, 5.74) is 13.2. The Kier molecular flexibility index (Phi) is 6.46. The van der Waals surface area contributed by atoms with E-state index >= 15 is 0 Å². The Morgan fingerprint density at radius 1 is 0.440 bits per heavy atom. The van der Waals surface area contributed by atoms with E-state index in [0.29, 0.717) is 11.4 Å². The molecule has 0 fully saturated rings. The first-order valence-corrected chi connectivity index (χ1v) is 16.8. The van der Waals surface area contributed by atoms with Crippen molar-refractivity contribution in [2.24, 2.45) is 0 Å². The van der Waals surface area contributed by atoms with Crippen molar-refractivity contribution in [1.82, 2.24) is 14.5 Å². The minimum atomic E-state index is 0.681. The smallest absolute Gasteiger partial charge is 0.180 e. The molecule has 0 aliphatic rings. The van der Waals surface area contributed by atoms with Crippen LogP contribution in [0.1, 0.15) is 0 Å². The van der Waals surface area contributed by atoms with Gasteiger partial charge in [0.2, 0.25) is 0 Å². The average Bonchev–Trinajstić information content (AvgIpc) is 3.74. The topological polar surface area (TPSA) is 43.9 Å². The lowest BCUT2D eigenvalue weighted by Crippen LogP contribution is -1.95.